The number of nitrogens with one attached hydrogen (secondary N) is 1. The molecule has 7 heteroatoms. The van der Waals surface area contributed by atoms with Gasteiger partial charge >= 0.3 is 6.18 Å². The third-order valence-corrected chi connectivity index (χ3v) is 1.98. The van der Waals surface area contributed by atoms with Crippen LogP contribution in [0.3, 0.4) is 0 Å². The number of aryl methyl sites for hydroxylation is 1. The van der Waals surface area contributed by atoms with Gasteiger partial charge in [0.2, 0.25) is 5.95 Å². The van der Waals surface area contributed by atoms with Crippen LogP contribution in [0.15, 0.2) is 12.4 Å². The van der Waals surface area contributed by atoms with Crippen molar-refractivity contribution in [1.29, 1.82) is 0 Å². The largest absolute Gasteiger partial charge is 0.411 e. The molecule has 98 valence electrons. The summed E-state index contributed by atoms with van der Waals surface area (Å²) in [7, 11) is 0. The highest BCUT2D eigenvalue weighted by Crippen LogP contribution is 2.14. The number of nitrogens with zero attached hydrogens (tertiary/aromatic N) is 2. The lowest BCUT2D eigenvalue weighted by Crippen LogP contribution is -2.20. The highest BCUT2D eigenvalue weighted by Gasteiger charge is 2.27. The number of hydrogen-bond acceptors (Lipinski definition) is 3. The topological polar surface area (TPSA) is 39.1 Å². The van der Waals surface area contributed by atoms with E-state index in [2.05, 4.69) is 15.0 Å². The van der Waals surface area contributed by atoms with E-state index in [1.54, 1.807) is 6.20 Å². The fourth-order valence-electron chi connectivity index (χ4n) is 1.32. The summed E-state index contributed by atoms with van der Waals surface area (Å²) >= 11 is 0. The van der Waals surface area contributed by atoms with Crippen molar-refractivity contribution in [3.8, 4) is 0 Å². The summed E-state index contributed by atoms with van der Waals surface area (Å²) in [4.78, 5) is 4.06. The highest BCUT2D eigenvalue weighted by atomic mass is 19.4. The van der Waals surface area contributed by atoms with Gasteiger partial charge in [-0.2, -0.15) is 13.2 Å². The standard InChI is InChI=1S/C10H16F3N3O/c1-2-5-16-6-3-14-9(16)15-4-7-17-8-10(11,12)13/h3,6H,2,4-5,7-8H2,1H3,(H,14,15). The van der Waals surface area contributed by atoms with Gasteiger partial charge in [-0.3, -0.25) is 0 Å². The molecule has 0 saturated carbocycles. The fourth-order valence-corrected chi connectivity index (χ4v) is 1.32. The quantitative estimate of drug-likeness (QED) is 0.756. The number of aromatic nitrogens is 2. The van der Waals surface area contributed by atoms with Crippen LogP contribution in [0.1, 0.15) is 13.3 Å². The molecule has 0 aliphatic rings. The Morgan fingerprint density at radius 1 is 1.47 bits per heavy atom. The lowest BCUT2D eigenvalue weighted by molar-refractivity contribution is -0.172. The molecule has 0 fully saturated rings. The van der Waals surface area contributed by atoms with Crippen LogP contribution < -0.4 is 5.32 Å². The van der Waals surface area contributed by atoms with Crippen molar-refractivity contribution in [2.75, 3.05) is 25.1 Å². The third-order valence-electron chi connectivity index (χ3n) is 1.98. The summed E-state index contributed by atoms with van der Waals surface area (Å²) in [6.45, 7) is 1.95. The van der Waals surface area contributed by atoms with Crippen molar-refractivity contribution in [2.24, 2.45) is 0 Å². The van der Waals surface area contributed by atoms with Gasteiger partial charge in [-0.15, -0.1) is 0 Å². The Kier molecular flexibility index (Phi) is 5.27. The smallest absolute Gasteiger partial charge is 0.370 e. The highest BCUT2D eigenvalue weighted by molar-refractivity contribution is 5.25. The molecule has 1 aromatic rings. The van der Waals surface area contributed by atoms with E-state index in [0.29, 0.717) is 12.5 Å². The molecule has 0 radical (unpaired) electrons. The summed E-state index contributed by atoms with van der Waals surface area (Å²) < 4.78 is 41.7. The number of anilines is 1. The van der Waals surface area contributed by atoms with Crippen LogP contribution in [-0.2, 0) is 11.3 Å². The van der Waals surface area contributed by atoms with E-state index < -0.39 is 12.8 Å². The lowest BCUT2D eigenvalue weighted by Gasteiger charge is -2.10. The van der Waals surface area contributed by atoms with Crippen molar-refractivity contribution in [3.05, 3.63) is 12.4 Å². The van der Waals surface area contributed by atoms with E-state index in [9.17, 15) is 13.2 Å². The van der Waals surface area contributed by atoms with E-state index in [1.165, 1.54) is 0 Å². The first-order chi connectivity index (χ1) is 8.03. The van der Waals surface area contributed by atoms with Crippen LogP contribution in [0.4, 0.5) is 19.1 Å². The molecule has 0 bridgehead atoms. The summed E-state index contributed by atoms with van der Waals surface area (Å²) in [5.41, 5.74) is 0. The summed E-state index contributed by atoms with van der Waals surface area (Å²) in [6.07, 6.45) is 0.174. The average molecular weight is 251 g/mol. The summed E-state index contributed by atoms with van der Waals surface area (Å²) in [5, 5.41) is 2.92. The molecule has 0 saturated heterocycles. The lowest BCUT2D eigenvalue weighted by atomic mass is 10.5. The molecule has 17 heavy (non-hydrogen) atoms. The number of imidazole rings is 1. The van der Waals surface area contributed by atoms with Gasteiger partial charge in [-0.1, -0.05) is 6.92 Å². The van der Waals surface area contributed by atoms with Crippen LogP contribution in [0.5, 0.6) is 0 Å². The van der Waals surface area contributed by atoms with Gasteiger partial charge in [0.1, 0.15) is 6.61 Å². The molecule has 1 heterocycles. The molecule has 1 N–H and O–H groups in total. The Hall–Kier alpha value is -1.24. The Bertz CT molecular complexity index is 325. The van der Waals surface area contributed by atoms with Crippen LogP contribution in [0.2, 0.25) is 0 Å². The minimum Gasteiger partial charge on any atom is -0.370 e. The van der Waals surface area contributed by atoms with E-state index in [0.717, 1.165) is 13.0 Å². The van der Waals surface area contributed by atoms with Crippen LogP contribution in [0.25, 0.3) is 0 Å². The molecule has 0 atom stereocenters. The maximum Gasteiger partial charge on any atom is 0.411 e. The molecular weight excluding hydrogens is 235 g/mol. The molecular formula is C10H16F3N3O. The predicted molar refractivity (Wildman–Crippen MR) is 57.9 cm³/mol. The predicted octanol–water partition coefficient (Wildman–Crippen LogP) is 2.28. The Morgan fingerprint density at radius 3 is 2.88 bits per heavy atom. The van der Waals surface area contributed by atoms with E-state index >= 15 is 0 Å². The Labute approximate surface area is 97.8 Å². The number of alkyl halides is 3. The van der Waals surface area contributed by atoms with E-state index in [-0.39, 0.29) is 6.61 Å². The van der Waals surface area contributed by atoms with Gasteiger partial charge in [-0.25, -0.2) is 4.98 Å². The molecule has 0 aliphatic carbocycles. The molecule has 0 aliphatic heterocycles. The zero-order chi connectivity index (χ0) is 12.7. The second-order valence-corrected chi connectivity index (χ2v) is 3.54. The maximum absolute atomic E-state index is 11.8. The first-order valence-corrected chi connectivity index (χ1v) is 5.42. The van der Waals surface area contributed by atoms with Gasteiger partial charge < -0.3 is 14.6 Å². The van der Waals surface area contributed by atoms with Crippen LogP contribution in [-0.4, -0.2) is 35.5 Å². The van der Waals surface area contributed by atoms with Crippen LogP contribution in [0, 0.1) is 0 Å². The third kappa shape index (κ3) is 5.58. The zero-order valence-corrected chi connectivity index (χ0v) is 9.63. The second-order valence-electron chi connectivity index (χ2n) is 3.54. The number of hydrogen-bond donors (Lipinski definition) is 1. The van der Waals surface area contributed by atoms with E-state index in [1.807, 2.05) is 17.7 Å². The number of ether oxygens (including phenoxy) is 1. The molecule has 1 aromatic heterocycles. The van der Waals surface area contributed by atoms with E-state index in [4.69, 9.17) is 0 Å². The number of halogens is 3. The number of rotatable bonds is 7. The van der Waals surface area contributed by atoms with Crippen molar-refractivity contribution in [1.82, 2.24) is 9.55 Å². The molecule has 1 rings (SSSR count). The molecule has 0 amide bonds. The summed E-state index contributed by atoms with van der Waals surface area (Å²) in [6, 6.07) is 0. The normalized spacial score (nSPS) is 11.8. The monoisotopic (exact) mass is 251 g/mol. The van der Waals surface area contributed by atoms with Gasteiger partial charge in [0, 0.05) is 25.5 Å². The SMILES string of the molecule is CCCn1ccnc1NCCOCC(F)(F)F. The molecule has 4 nitrogen and oxygen atoms in total. The van der Waals surface area contributed by atoms with Crippen molar-refractivity contribution >= 4 is 5.95 Å². The fraction of sp³-hybridized carbons (Fsp3) is 0.700. The Morgan fingerprint density at radius 2 is 2.24 bits per heavy atom. The zero-order valence-electron chi connectivity index (χ0n) is 9.63. The van der Waals surface area contributed by atoms with Gasteiger partial charge in [0.15, 0.2) is 0 Å². The van der Waals surface area contributed by atoms with Crippen molar-refractivity contribution in [3.63, 3.8) is 0 Å². The van der Waals surface area contributed by atoms with Gasteiger partial charge in [-0.05, 0) is 6.42 Å². The molecule has 0 aromatic carbocycles. The summed E-state index contributed by atoms with van der Waals surface area (Å²) in [5.74, 6) is 0.655. The minimum atomic E-state index is -4.26. The maximum atomic E-state index is 11.8. The minimum absolute atomic E-state index is 0.00149. The molecule has 0 spiro atoms. The Balaban J connectivity index is 2.20. The second kappa shape index (κ2) is 6.48. The van der Waals surface area contributed by atoms with Gasteiger partial charge in [0.05, 0.1) is 6.61 Å². The van der Waals surface area contributed by atoms with Crippen LogP contribution >= 0.6 is 0 Å². The molecule has 0 unspecified atom stereocenters. The van der Waals surface area contributed by atoms with Crippen molar-refractivity contribution in [2.45, 2.75) is 26.1 Å². The van der Waals surface area contributed by atoms with Crippen molar-refractivity contribution < 1.29 is 17.9 Å². The first-order valence-electron chi connectivity index (χ1n) is 5.42. The van der Waals surface area contributed by atoms with Gasteiger partial charge in [0.25, 0.3) is 0 Å². The average Bonchev–Trinajstić information content (AvgIpc) is 2.64. The first kappa shape index (κ1) is 13.8.